The topological polar surface area (TPSA) is 80.7 Å². The van der Waals surface area contributed by atoms with E-state index < -0.39 is 11.9 Å². The Morgan fingerprint density at radius 3 is 2.69 bits per heavy atom. The number of rotatable bonds is 5. The first-order valence-electron chi connectivity index (χ1n) is 9.85. The van der Waals surface area contributed by atoms with Gasteiger partial charge in [-0.05, 0) is 55.4 Å². The summed E-state index contributed by atoms with van der Waals surface area (Å²) in [6, 6.07) is 0. The van der Waals surface area contributed by atoms with Gasteiger partial charge in [0.25, 0.3) is 0 Å². The van der Waals surface area contributed by atoms with E-state index in [0.29, 0.717) is 24.9 Å². The van der Waals surface area contributed by atoms with Crippen LogP contribution >= 0.6 is 0 Å². The van der Waals surface area contributed by atoms with Gasteiger partial charge < -0.3 is 9.84 Å². The van der Waals surface area contributed by atoms with Crippen LogP contribution in [0.4, 0.5) is 0 Å². The molecule has 3 aliphatic carbocycles. The van der Waals surface area contributed by atoms with Crippen LogP contribution < -0.4 is 0 Å². The largest absolute Gasteiger partial charge is 0.481 e. The maximum absolute atomic E-state index is 11.9. The molecule has 0 aromatic heterocycles. The number of ketones is 1. The van der Waals surface area contributed by atoms with Crippen molar-refractivity contribution in [2.75, 3.05) is 6.61 Å². The zero-order valence-corrected chi connectivity index (χ0v) is 15.9. The maximum atomic E-state index is 11.9. The molecule has 0 aromatic carbocycles. The zero-order valence-electron chi connectivity index (χ0n) is 15.9. The second kappa shape index (κ2) is 7.16. The summed E-state index contributed by atoms with van der Waals surface area (Å²) in [4.78, 5) is 34.3. The minimum absolute atomic E-state index is 0.0645. The molecule has 5 nitrogen and oxygen atoms in total. The lowest BCUT2D eigenvalue weighted by Gasteiger charge is -2.59. The molecule has 0 aromatic rings. The second-order valence-electron chi connectivity index (χ2n) is 8.94. The Balaban J connectivity index is 1.72. The van der Waals surface area contributed by atoms with E-state index in [4.69, 9.17) is 9.84 Å². The first-order chi connectivity index (χ1) is 12.2. The number of carboxylic acid groups (broad SMARTS) is 1. The number of hydrogen-bond acceptors (Lipinski definition) is 4. The molecule has 0 heterocycles. The molecule has 3 aliphatic rings. The number of carboxylic acids is 1. The minimum atomic E-state index is -0.975. The van der Waals surface area contributed by atoms with Crippen molar-refractivity contribution in [3.63, 3.8) is 0 Å². The Labute approximate surface area is 155 Å². The fourth-order valence-electron chi connectivity index (χ4n) is 5.97. The van der Waals surface area contributed by atoms with Gasteiger partial charge in [-0.1, -0.05) is 25.8 Å². The van der Waals surface area contributed by atoms with E-state index in [1.54, 1.807) is 0 Å². The maximum Gasteiger partial charge on any atom is 0.306 e. The molecule has 0 radical (unpaired) electrons. The quantitative estimate of drug-likeness (QED) is 0.750. The number of aliphatic carboxylic acids is 1. The third-order valence-corrected chi connectivity index (χ3v) is 7.20. The van der Waals surface area contributed by atoms with E-state index in [1.165, 1.54) is 5.57 Å². The molecule has 4 unspecified atom stereocenters. The summed E-state index contributed by atoms with van der Waals surface area (Å²) < 4.78 is 5.51. The van der Waals surface area contributed by atoms with Gasteiger partial charge in [0.15, 0.2) is 5.78 Å². The lowest BCUT2D eigenvalue weighted by atomic mass is 9.46. The van der Waals surface area contributed by atoms with Gasteiger partial charge in [0.05, 0.1) is 19.4 Å². The Morgan fingerprint density at radius 2 is 1.96 bits per heavy atom. The Bertz CT molecular complexity index is 636. The van der Waals surface area contributed by atoms with E-state index in [-0.39, 0.29) is 29.5 Å². The van der Waals surface area contributed by atoms with Crippen molar-refractivity contribution in [2.24, 2.45) is 22.7 Å². The van der Waals surface area contributed by atoms with Gasteiger partial charge in [-0.15, -0.1) is 0 Å². The molecule has 0 bridgehead atoms. The predicted molar refractivity (Wildman–Crippen MR) is 96.4 cm³/mol. The number of ether oxygens (including phenoxy) is 1. The van der Waals surface area contributed by atoms with Crippen LogP contribution in [0.25, 0.3) is 0 Å². The molecular formula is C21H30O5. The van der Waals surface area contributed by atoms with Gasteiger partial charge in [0.2, 0.25) is 0 Å². The van der Waals surface area contributed by atoms with Crippen LogP contribution in [0.5, 0.6) is 0 Å². The highest BCUT2D eigenvalue weighted by molar-refractivity contribution is 5.91. The van der Waals surface area contributed by atoms with Gasteiger partial charge in [-0.25, -0.2) is 0 Å². The zero-order chi connectivity index (χ0) is 18.9. The molecule has 2 fully saturated rings. The van der Waals surface area contributed by atoms with Crippen molar-refractivity contribution in [3.8, 4) is 0 Å². The minimum Gasteiger partial charge on any atom is -0.481 e. The molecule has 4 atom stereocenters. The Morgan fingerprint density at radius 1 is 1.19 bits per heavy atom. The number of carbonyl (C=O) groups excluding carboxylic acids is 2. The van der Waals surface area contributed by atoms with Gasteiger partial charge >= 0.3 is 11.9 Å². The van der Waals surface area contributed by atoms with Crippen LogP contribution in [0, 0.1) is 22.7 Å². The van der Waals surface area contributed by atoms with Gasteiger partial charge in [-0.2, -0.15) is 0 Å². The highest BCUT2D eigenvalue weighted by Gasteiger charge is 2.55. The molecule has 144 valence electrons. The van der Waals surface area contributed by atoms with Crippen LogP contribution in [0.1, 0.15) is 71.6 Å². The van der Waals surface area contributed by atoms with Crippen molar-refractivity contribution in [1.82, 2.24) is 0 Å². The van der Waals surface area contributed by atoms with Crippen LogP contribution in [-0.4, -0.2) is 29.4 Å². The van der Waals surface area contributed by atoms with Gasteiger partial charge in [-0.3, -0.25) is 14.4 Å². The number of hydrogen-bond donors (Lipinski definition) is 1. The molecule has 1 N–H and O–H groups in total. The van der Waals surface area contributed by atoms with Crippen LogP contribution in [0.2, 0.25) is 0 Å². The lowest BCUT2D eigenvalue weighted by Crippen LogP contribution is -2.52. The summed E-state index contributed by atoms with van der Waals surface area (Å²) in [5.74, 6) is -0.186. The van der Waals surface area contributed by atoms with Gasteiger partial charge in [0.1, 0.15) is 0 Å². The van der Waals surface area contributed by atoms with Crippen molar-refractivity contribution < 1.29 is 24.2 Å². The molecular weight excluding hydrogens is 332 g/mol. The Hall–Kier alpha value is -1.65. The summed E-state index contributed by atoms with van der Waals surface area (Å²) in [5, 5.41) is 8.71. The molecule has 26 heavy (non-hydrogen) atoms. The third-order valence-electron chi connectivity index (χ3n) is 7.20. The SMILES string of the molecule is CC1(COC(=O)CCC(=O)O)CCCC2(C)C3CCC(=O)C=C3CCC12. The highest BCUT2D eigenvalue weighted by Crippen LogP contribution is 2.62. The first-order valence-corrected chi connectivity index (χ1v) is 9.85. The normalized spacial score (nSPS) is 36.5. The van der Waals surface area contributed by atoms with E-state index in [0.717, 1.165) is 38.5 Å². The Kier molecular flexibility index (Phi) is 5.27. The monoisotopic (exact) mass is 362 g/mol. The first kappa shape index (κ1) is 19.1. The smallest absolute Gasteiger partial charge is 0.306 e. The average molecular weight is 362 g/mol. The second-order valence-corrected chi connectivity index (χ2v) is 8.94. The molecule has 0 amide bonds. The van der Waals surface area contributed by atoms with E-state index >= 15 is 0 Å². The van der Waals surface area contributed by atoms with E-state index in [9.17, 15) is 14.4 Å². The van der Waals surface area contributed by atoms with E-state index in [1.807, 2.05) is 6.08 Å². The number of esters is 1. The predicted octanol–water partition coefficient (Wildman–Crippen LogP) is 3.91. The number of fused-ring (bicyclic) bond motifs is 3. The molecule has 3 rings (SSSR count). The molecule has 0 spiro atoms. The summed E-state index contributed by atoms with van der Waals surface area (Å²) in [5.41, 5.74) is 1.42. The highest BCUT2D eigenvalue weighted by atomic mass is 16.5. The number of carbonyl (C=O) groups is 3. The summed E-state index contributed by atoms with van der Waals surface area (Å²) >= 11 is 0. The van der Waals surface area contributed by atoms with Gasteiger partial charge in [0, 0.05) is 11.8 Å². The molecule has 0 saturated heterocycles. The van der Waals surface area contributed by atoms with Crippen molar-refractivity contribution in [2.45, 2.75) is 71.6 Å². The van der Waals surface area contributed by atoms with Crippen molar-refractivity contribution in [3.05, 3.63) is 11.6 Å². The van der Waals surface area contributed by atoms with Crippen LogP contribution in [0.15, 0.2) is 11.6 Å². The molecule has 5 heteroatoms. The fourth-order valence-corrected chi connectivity index (χ4v) is 5.97. The summed E-state index contributed by atoms with van der Waals surface area (Å²) in [6.45, 7) is 4.97. The molecule has 0 aliphatic heterocycles. The van der Waals surface area contributed by atoms with E-state index in [2.05, 4.69) is 13.8 Å². The van der Waals surface area contributed by atoms with Crippen LogP contribution in [-0.2, 0) is 19.1 Å². The lowest BCUT2D eigenvalue weighted by molar-refractivity contribution is -0.157. The third kappa shape index (κ3) is 3.58. The van der Waals surface area contributed by atoms with Crippen LogP contribution in [0.3, 0.4) is 0 Å². The number of allylic oxidation sites excluding steroid dienone is 2. The summed E-state index contributed by atoms with van der Waals surface area (Å²) in [6.07, 6.45) is 8.56. The molecule has 2 saturated carbocycles. The summed E-state index contributed by atoms with van der Waals surface area (Å²) in [7, 11) is 0. The van der Waals surface area contributed by atoms with Crippen molar-refractivity contribution >= 4 is 17.7 Å². The average Bonchev–Trinajstić information content (AvgIpc) is 2.57. The van der Waals surface area contributed by atoms with Crippen molar-refractivity contribution in [1.29, 1.82) is 0 Å². The standard InChI is InChI=1S/C21H30O5/c1-20(13-26-19(25)9-8-18(23)24)10-3-11-21(2)16-6-5-15(22)12-14(16)4-7-17(20)21/h12,16-17H,3-11,13H2,1-2H3,(H,23,24). The fraction of sp³-hybridized carbons (Fsp3) is 0.762.